The van der Waals surface area contributed by atoms with Gasteiger partial charge < -0.3 is 10.6 Å². The lowest BCUT2D eigenvalue weighted by Crippen LogP contribution is -2.32. The number of rotatable bonds is 2. The molecule has 1 amide bonds. The number of hydrogen-bond acceptors (Lipinski definition) is 3. The summed E-state index contributed by atoms with van der Waals surface area (Å²) < 4.78 is 1.66. The predicted octanol–water partition coefficient (Wildman–Crippen LogP) is 1.50. The molecule has 2 N–H and O–H groups in total. The van der Waals surface area contributed by atoms with E-state index in [-0.39, 0.29) is 5.91 Å². The highest BCUT2D eigenvalue weighted by atomic mass is 16.2. The molecule has 1 fully saturated rings. The number of amides is 1. The first-order valence-corrected chi connectivity index (χ1v) is 6.35. The lowest BCUT2D eigenvalue weighted by Gasteiger charge is -2.18. The molecule has 0 bridgehead atoms. The molecule has 1 aromatic rings. The van der Waals surface area contributed by atoms with Crippen molar-refractivity contribution in [1.29, 1.82) is 0 Å². The van der Waals surface area contributed by atoms with Gasteiger partial charge in [-0.1, -0.05) is 12.8 Å². The van der Waals surface area contributed by atoms with Crippen LogP contribution in [0.1, 0.15) is 43.1 Å². The van der Waals surface area contributed by atoms with Crippen LogP contribution in [-0.2, 0) is 6.54 Å². The van der Waals surface area contributed by atoms with Crippen molar-refractivity contribution in [2.45, 2.75) is 39.2 Å². The summed E-state index contributed by atoms with van der Waals surface area (Å²) >= 11 is 0. The smallest absolute Gasteiger partial charge is 0.274 e. The lowest BCUT2D eigenvalue weighted by molar-refractivity contribution is 0.0755. The molecule has 0 radical (unpaired) electrons. The maximum absolute atomic E-state index is 12.2. The van der Waals surface area contributed by atoms with E-state index in [1.165, 1.54) is 12.8 Å². The van der Waals surface area contributed by atoms with Crippen molar-refractivity contribution in [1.82, 2.24) is 14.7 Å². The van der Waals surface area contributed by atoms with Crippen LogP contribution in [0, 0.1) is 0 Å². The Bertz CT molecular complexity index is 391. The largest absolute Gasteiger partial charge is 0.384 e. The van der Waals surface area contributed by atoms with Crippen molar-refractivity contribution in [3.63, 3.8) is 0 Å². The highest BCUT2D eigenvalue weighted by molar-refractivity contribution is 5.93. The summed E-state index contributed by atoms with van der Waals surface area (Å²) in [5.41, 5.74) is 6.26. The monoisotopic (exact) mass is 236 g/mol. The van der Waals surface area contributed by atoms with Crippen LogP contribution in [0.5, 0.6) is 0 Å². The molecular formula is C12H20N4O. The molecule has 2 rings (SSSR count). The van der Waals surface area contributed by atoms with Gasteiger partial charge in [0, 0.05) is 25.7 Å². The highest BCUT2D eigenvalue weighted by Crippen LogP contribution is 2.14. The number of carbonyl (C=O) groups excluding carboxylic acids is 1. The number of nitrogen functional groups attached to an aromatic ring is 1. The molecule has 1 saturated heterocycles. The minimum Gasteiger partial charge on any atom is -0.384 e. The van der Waals surface area contributed by atoms with Gasteiger partial charge >= 0.3 is 0 Å². The number of carbonyl (C=O) groups is 1. The standard InChI is InChI=1S/C12H20N4O/c1-2-16-11(13)9-10(14-16)12(17)15-7-5-3-4-6-8-15/h9H,2-8,13H2,1H3. The van der Waals surface area contributed by atoms with Gasteiger partial charge in [-0.15, -0.1) is 0 Å². The molecule has 2 heterocycles. The summed E-state index contributed by atoms with van der Waals surface area (Å²) in [4.78, 5) is 14.1. The number of nitrogens with two attached hydrogens (primary N) is 1. The van der Waals surface area contributed by atoms with E-state index in [0.717, 1.165) is 25.9 Å². The zero-order chi connectivity index (χ0) is 12.3. The molecule has 0 spiro atoms. The van der Waals surface area contributed by atoms with Crippen LogP contribution in [0.15, 0.2) is 6.07 Å². The summed E-state index contributed by atoms with van der Waals surface area (Å²) in [5, 5.41) is 4.23. The Labute approximate surface area is 102 Å². The molecule has 5 heteroatoms. The van der Waals surface area contributed by atoms with Gasteiger partial charge in [-0.2, -0.15) is 5.10 Å². The van der Waals surface area contributed by atoms with Gasteiger partial charge in [-0.05, 0) is 19.8 Å². The SMILES string of the molecule is CCn1nc(C(=O)N2CCCCCC2)cc1N. The van der Waals surface area contributed by atoms with Gasteiger partial charge in [-0.25, -0.2) is 4.68 Å². The van der Waals surface area contributed by atoms with E-state index in [4.69, 9.17) is 5.73 Å². The Kier molecular flexibility index (Phi) is 3.66. The number of nitrogens with zero attached hydrogens (tertiary/aromatic N) is 3. The second kappa shape index (κ2) is 5.21. The second-order valence-electron chi connectivity index (χ2n) is 4.48. The first-order chi connectivity index (χ1) is 8.22. The quantitative estimate of drug-likeness (QED) is 0.846. The van der Waals surface area contributed by atoms with Crippen LogP contribution >= 0.6 is 0 Å². The zero-order valence-corrected chi connectivity index (χ0v) is 10.4. The average molecular weight is 236 g/mol. The lowest BCUT2D eigenvalue weighted by atomic mass is 10.2. The summed E-state index contributed by atoms with van der Waals surface area (Å²) in [6, 6.07) is 1.68. The van der Waals surface area contributed by atoms with Crippen molar-refractivity contribution in [3.8, 4) is 0 Å². The third kappa shape index (κ3) is 2.60. The second-order valence-corrected chi connectivity index (χ2v) is 4.48. The molecule has 94 valence electrons. The molecule has 0 aromatic carbocycles. The van der Waals surface area contributed by atoms with Crippen LogP contribution < -0.4 is 5.73 Å². The highest BCUT2D eigenvalue weighted by Gasteiger charge is 2.20. The average Bonchev–Trinajstić information content (AvgIpc) is 2.56. The predicted molar refractivity (Wildman–Crippen MR) is 66.7 cm³/mol. The Hall–Kier alpha value is -1.52. The third-order valence-corrected chi connectivity index (χ3v) is 3.22. The number of likely N-dealkylation sites (tertiary alicyclic amines) is 1. The van der Waals surface area contributed by atoms with E-state index in [9.17, 15) is 4.79 Å². The molecule has 17 heavy (non-hydrogen) atoms. The molecule has 5 nitrogen and oxygen atoms in total. The maximum Gasteiger partial charge on any atom is 0.274 e. The van der Waals surface area contributed by atoms with Crippen molar-refractivity contribution in [2.24, 2.45) is 0 Å². The Morgan fingerprint density at radius 2 is 2.00 bits per heavy atom. The Morgan fingerprint density at radius 1 is 1.35 bits per heavy atom. The van der Waals surface area contributed by atoms with Gasteiger partial charge in [0.2, 0.25) is 0 Å². The fourth-order valence-electron chi connectivity index (χ4n) is 2.22. The van der Waals surface area contributed by atoms with Crippen LogP contribution in [0.25, 0.3) is 0 Å². The number of hydrogen-bond donors (Lipinski definition) is 1. The van der Waals surface area contributed by atoms with Gasteiger partial charge in [0.1, 0.15) is 5.82 Å². The van der Waals surface area contributed by atoms with Crippen LogP contribution in [0.3, 0.4) is 0 Å². The number of aryl methyl sites for hydroxylation is 1. The van der Waals surface area contributed by atoms with E-state index >= 15 is 0 Å². The third-order valence-electron chi connectivity index (χ3n) is 3.22. The number of aromatic nitrogens is 2. The normalized spacial score (nSPS) is 16.9. The topological polar surface area (TPSA) is 64.2 Å². The van der Waals surface area contributed by atoms with Crippen molar-refractivity contribution >= 4 is 11.7 Å². The Balaban J connectivity index is 2.11. The van der Waals surface area contributed by atoms with Gasteiger partial charge in [0.15, 0.2) is 5.69 Å². The molecule has 0 aliphatic carbocycles. The molecule has 1 aliphatic heterocycles. The van der Waals surface area contributed by atoms with Crippen LogP contribution in [-0.4, -0.2) is 33.7 Å². The fraction of sp³-hybridized carbons (Fsp3) is 0.667. The fourth-order valence-corrected chi connectivity index (χ4v) is 2.22. The van der Waals surface area contributed by atoms with E-state index in [1.54, 1.807) is 10.7 Å². The summed E-state index contributed by atoms with van der Waals surface area (Å²) in [5.74, 6) is 0.580. The minimum atomic E-state index is 0.0193. The van der Waals surface area contributed by atoms with Gasteiger partial charge in [-0.3, -0.25) is 4.79 Å². The van der Waals surface area contributed by atoms with Gasteiger partial charge in [0.05, 0.1) is 0 Å². The molecule has 0 unspecified atom stereocenters. The molecule has 1 aliphatic rings. The molecular weight excluding hydrogens is 216 g/mol. The number of anilines is 1. The van der Waals surface area contributed by atoms with Crippen molar-refractivity contribution < 1.29 is 4.79 Å². The summed E-state index contributed by atoms with van der Waals surface area (Å²) in [7, 11) is 0. The molecule has 0 atom stereocenters. The Morgan fingerprint density at radius 3 is 2.53 bits per heavy atom. The van der Waals surface area contributed by atoms with Crippen LogP contribution in [0.2, 0.25) is 0 Å². The zero-order valence-electron chi connectivity index (χ0n) is 10.4. The molecule has 1 aromatic heterocycles. The van der Waals surface area contributed by atoms with Crippen LogP contribution in [0.4, 0.5) is 5.82 Å². The first kappa shape index (κ1) is 12.0. The summed E-state index contributed by atoms with van der Waals surface area (Å²) in [6.45, 7) is 4.35. The van der Waals surface area contributed by atoms with Crippen molar-refractivity contribution in [3.05, 3.63) is 11.8 Å². The van der Waals surface area contributed by atoms with Crippen molar-refractivity contribution in [2.75, 3.05) is 18.8 Å². The van der Waals surface area contributed by atoms with E-state index < -0.39 is 0 Å². The first-order valence-electron chi connectivity index (χ1n) is 6.35. The van der Waals surface area contributed by atoms with E-state index in [0.29, 0.717) is 18.1 Å². The summed E-state index contributed by atoms with van der Waals surface area (Å²) in [6.07, 6.45) is 4.62. The van der Waals surface area contributed by atoms with E-state index in [1.807, 2.05) is 11.8 Å². The maximum atomic E-state index is 12.2. The minimum absolute atomic E-state index is 0.0193. The van der Waals surface area contributed by atoms with E-state index in [2.05, 4.69) is 5.10 Å². The van der Waals surface area contributed by atoms with Gasteiger partial charge in [0.25, 0.3) is 5.91 Å². The molecule has 0 saturated carbocycles.